The van der Waals surface area contributed by atoms with Crippen LogP contribution in [0.3, 0.4) is 0 Å². The molecule has 0 saturated carbocycles. The Labute approximate surface area is 91.4 Å². The Morgan fingerprint density at radius 3 is 2.29 bits per heavy atom. The molecule has 1 rings (SSSR count). The largest absolute Gasteiger partial charge is 0.463 e. The minimum atomic E-state index is -5.96. The van der Waals surface area contributed by atoms with Gasteiger partial charge in [-0.2, -0.15) is 27.1 Å². The van der Waals surface area contributed by atoms with Gasteiger partial charge in [0, 0.05) is 13.1 Å². The van der Waals surface area contributed by atoms with Gasteiger partial charge in [0.2, 0.25) is 0 Å². The molecule has 1 amide bonds. The monoisotopic (exact) mass is 258 g/mol. The lowest BCUT2D eigenvalue weighted by Gasteiger charge is -2.17. The molecular formula is C7H7F5N4O. The van der Waals surface area contributed by atoms with Gasteiger partial charge in [-0.1, -0.05) is 0 Å². The smallest absolute Gasteiger partial charge is 0.384 e. The van der Waals surface area contributed by atoms with E-state index in [-0.39, 0.29) is 5.82 Å². The Hall–Kier alpha value is -1.87. The van der Waals surface area contributed by atoms with Crippen molar-refractivity contribution in [3.8, 4) is 0 Å². The number of aromatic nitrogens is 2. The Balaban J connectivity index is 2.86. The van der Waals surface area contributed by atoms with Gasteiger partial charge in [-0.05, 0) is 0 Å². The maximum atomic E-state index is 12.5. The number of amides is 1. The number of nitrogens with zero attached hydrogens (tertiary/aromatic N) is 2. The highest BCUT2D eigenvalue weighted by Gasteiger charge is 2.63. The summed E-state index contributed by atoms with van der Waals surface area (Å²) in [5.74, 6) is -8.49. The van der Waals surface area contributed by atoms with E-state index in [1.807, 2.05) is 0 Å². The molecule has 0 radical (unpaired) electrons. The zero-order valence-electron chi connectivity index (χ0n) is 8.35. The Morgan fingerprint density at radius 2 is 1.94 bits per heavy atom. The van der Waals surface area contributed by atoms with Crippen LogP contribution in [0, 0.1) is 0 Å². The van der Waals surface area contributed by atoms with Crippen molar-refractivity contribution in [2.45, 2.75) is 12.1 Å². The van der Waals surface area contributed by atoms with E-state index < -0.39 is 23.8 Å². The molecule has 5 nitrogen and oxygen atoms in total. The van der Waals surface area contributed by atoms with Crippen LogP contribution in [0.5, 0.6) is 0 Å². The molecule has 0 atom stereocenters. The predicted molar refractivity (Wildman–Crippen MR) is 47.3 cm³/mol. The highest BCUT2D eigenvalue weighted by molar-refractivity contribution is 5.96. The topological polar surface area (TPSA) is 72.9 Å². The van der Waals surface area contributed by atoms with Gasteiger partial charge in [0.25, 0.3) is 0 Å². The lowest BCUT2D eigenvalue weighted by atomic mass is 10.3. The highest BCUT2D eigenvalue weighted by atomic mass is 19.4. The number of carbonyl (C=O) groups excluding carboxylic acids is 1. The first-order valence-corrected chi connectivity index (χ1v) is 4.11. The average molecular weight is 258 g/mol. The maximum absolute atomic E-state index is 12.5. The third kappa shape index (κ3) is 2.45. The van der Waals surface area contributed by atoms with Gasteiger partial charge in [0.1, 0.15) is 5.82 Å². The fraction of sp³-hybridized carbons (Fsp3) is 0.429. The molecule has 0 aliphatic heterocycles. The number of nitrogens with two attached hydrogens (primary N) is 1. The van der Waals surface area contributed by atoms with Crippen LogP contribution in [-0.4, -0.2) is 27.8 Å². The van der Waals surface area contributed by atoms with Crippen LogP contribution in [0.4, 0.5) is 33.6 Å². The van der Waals surface area contributed by atoms with Crippen molar-refractivity contribution < 1.29 is 26.7 Å². The van der Waals surface area contributed by atoms with Crippen molar-refractivity contribution in [3.63, 3.8) is 0 Å². The lowest BCUT2D eigenvalue weighted by molar-refractivity contribution is -0.267. The molecule has 0 aromatic carbocycles. The number of halogens is 5. The SMILES string of the molecule is Cn1nc(NC(=O)C(F)(F)C(F)(F)F)cc1N. The normalized spacial score (nSPS) is 12.6. The maximum Gasteiger partial charge on any atom is 0.463 e. The van der Waals surface area contributed by atoms with Gasteiger partial charge in [-0.25, -0.2) is 0 Å². The van der Waals surface area contributed by atoms with Crippen molar-refractivity contribution in [1.82, 2.24) is 9.78 Å². The second kappa shape index (κ2) is 3.86. The molecule has 0 aliphatic carbocycles. The van der Waals surface area contributed by atoms with Gasteiger partial charge in [0.15, 0.2) is 5.82 Å². The molecule has 96 valence electrons. The fourth-order valence-electron chi connectivity index (χ4n) is 0.866. The van der Waals surface area contributed by atoms with Gasteiger partial charge < -0.3 is 11.1 Å². The molecule has 1 aromatic rings. The fourth-order valence-corrected chi connectivity index (χ4v) is 0.866. The zero-order chi connectivity index (χ0) is 13.4. The van der Waals surface area contributed by atoms with Gasteiger partial charge in [0.05, 0.1) is 0 Å². The third-order valence-corrected chi connectivity index (χ3v) is 1.80. The summed E-state index contributed by atoms with van der Waals surface area (Å²) < 4.78 is 61.5. The van der Waals surface area contributed by atoms with Crippen LogP contribution in [0.15, 0.2) is 6.07 Å². The summed E-state index contributed by atoms with van der Waals surface area (Å²) in [4.78, 5) is 10.7. The van der Waals surface area contributed by atoms with E-state index in [4.69, 9.17) is 5.73 Å². The molecule has 3 N–H and O–H groups in total. The predicted octanol–water partition coefficient (Wildman–Crippen LogP) is 1.14. The van der Waals surface area contributed by atoms with E-state index in [2.05, 4.69) is 5.10 Å². The van der Waals surface area contributed by atoms with E-state index >= 15 is 0 Å². The van der Waals surface area contributed by atoms with Crippen LogP contribution in [-0.2, 0) is 11.8 Å². The number of carbonyl (C=O) groups is 1. The van der Waals surface area contributed by atoms with Crippen molar-refractivity contribution in [3.05, 3.63) is 6.07 Å². The highest BCUT2D eigenvalue weighted by Crippen LogP contribution is 2.36. The summed E-state index contributed by atoms with van der Waals surface area (Å²) >= 11 is 0. The number of nitrogens with one attached hydrogen (secondary N) is 1. The summed E-state index contributed by atoms with van der Waals surface area (Å²) in [7, 11) is 1.33. The van der Waals surface area contributed by atoms with Crippen LogP contribution in [0.1, 0.15) is 0 Å². The summed E-state index contributed by atoms with van der Waals surface area (Å²) in [6, 6.07) is 0.949. The van der Waals surface area contributed by atoms with Crippen LogP contribution in [0.25, 0.3) is 0 Å². The number of anilines is 2. The Bertz CT molecular complexity index is 418. The molecule has 0 saturated heterocycles. The van der Waals surface area contributed by atoms with Crippen molar-refractivity contribution in [2.24, 2.45) is 7.05 Å². The van der Waals surface area contributed by atoms with E-state index in [0.717, 1.165) is 10.7 Å². The second-order valence-electron chi connectivity index (χ2n) is 3.10. The Morgan fingerprint density at radius 1 is 1.41 bits per heavy atom. The summed E-state index contributed by atoms with van der Waals surface area (Å²) in [6.45, 7) is 0. The number of alkyl halides is 5. The quantitative estimate of drug-likeness (QED) is 0.781. The van der Waals surface area contributed by atoms with Gasteiger partial charge in [-0.15, -0.1) is 0 Å². The van der Waals surface area contributed by atoms with Crippen molar-refractivity contribution in [2.75, 3.05) is 11.1 Å². The molecule has 1 heterocycles. The first-order chi connectivity index (χ1) is 7.55. The number of aryl methyl sites for hydroxylation is 1. The van der Waals surface area contributed by atoms with Crippen LogP contribution in [0.2, 0.25) is 0 Å². The van der Waals surface area contributed by atoms with Crippen LogP contribution < -0.4 is 11.1 Å². The molecule has 0 aliphatic rings. The molecule has 0 fully saturated rings. The molecule has 10 heteroatoms. The number of nitrogen functional groups attached to an aromatic ring is 1. The number of hydrogen-bond acceptors (Lipinski definition) is 3. The van der Waals surface area contributed by atoms with E-state index in [9.17, 15) is 26.7 Å². The van der Waals surface area contributed by atoms with Gasteiger partial charge >= 0.3 is 18.0 Å². The minimum absolute atomic E-state index is 0.00405. The average Bonchev–Trinajstić information content (AvgIpc) is 2.43. The first-order valence-electron chi connectivity index (χ1n) is 4.11. The van der Waals surface area contributed by atoms with E-state index in [1.165, 1.54) is 12.4 Å². The molecule has 0 spiro atoms. The molecular weight excluding hydrogens is 251 g/mol. The number of hydrogen-bond donors (Lipinski definition) is 2. The van der Waals surface area contributed by atoms with E-state index in [0.29, 0.717) is 0 Å². The zero-order valence-corrected chi connectivity index (χ0v) is 8.35. The summed E-state index contributed by atoms with van der Waals surface area (Å²) in [6.07, 6.45) is -5.96. The standard InChI is InChI=1S/C7H7F5N4O/c1-16-3(13)2-4(15-16)14-5(17)6(8,9)7(10,11)12/h2H,13H2,1H3,(H,14,15,17). The molecule has 17 heavy (non-hydrogen) atoms. The lowest BCUT2D eigenvalue weighted by Crippen LogP contribution is -2.47. The van der Waals surface area contributed by atoms with Crippen molar-refractivity contribution in [1.29, 1.82) is 0 Å². The first kappa shape index (κ1) is 13.2. The second-order valence-corrected chi connectivity index (χ2v) is 3.10. The summed E-state index contributed by atoms with van der Waals surface area (Å²) in [5.41, 5.74) is 5.25. The molecule has 1 aromatic heterocycles. The van der Waals surface area contributed by atoms with Crippen LogP contribution >= 0.6 is 0 Å². The molecule has 0 bridgehead atoms. The van der Waals surface area contributed by atoms with Gasteiger partial charge in [-0.3, -0.25) is 9.48 Å². The molecule has 0 unspecified atom stereocenters. The number of rotatable bonds is 2. The van der Waals surface area contributed by atoms with E-state index in [1.54, 1.807) is 0 Å². The summed E-state index contributed by atoms with van der Waals surface area (Å²) in [5, 5.41) is 4.73. The minimum Gasteiger partial charge on any atom is -0.384 e. The third-order valence-electron chi connectivity index (χ3n) is 1.80. The van der Waals surface area contributed by atoms with Crippen molar-refractivity contribution >= 4 is 17.5 Å². The Kier molecular flexibility index (Phi) is 2.99.